The molecule has 0 saturated carbocycles. The van der Waals surface area contributed by atoms with Crippen LogP contribution in [0.2, 0.25) is 0 Å². The van der Waals surface area contributed by atoms with Crippen LogP contribution in [0, 0.1) is 0 Å². The van der Waals surface area contributed by atoms with Crippen LogP contribution in [0.25, 0.3) is 0 Å². The smallest absolute Gasteiger partial charge is 0.268 e. The molecule has 20 heavy (non-hydrogen) atoms. The number of hydrogen-bond acceptors (Lipinski definition) is 5. The van der Waals surface area contributed by atoms with Crippen molar-refractivity contribution in [2.75, 3.05) is 24.2 Å². The van der Waals surface area contributed by atoms with Gasteiger partial charge in [-0.3, -0.25) is 4.79 Å². The fourth-order valence-electron chi connectivity index (χ4n) is 2.71. The second kappa shape index (κ2) is 5.99. The number of carbonyl (C=O) groups is 1. The zero-order valence-corrected chi connectivity index (χ0v) is 13.5. The summed E-state index contributed by atoms with van der Waals surface area (Å²) in [5.41, 5.74) is 5.96. The second-order valence-corrected chi connectivity index (χ2v) is 6.54. The highest BCUT2D eigenvalue weighted by molar-refractivity contribution is 7.18. The molecule has 1 aliphatic rings. The molecule has 0 aromatic carbocycles. The van der Waals surface area contributed by atoms with Crippen molar-refractivity contribution in [2.45, 2.75) is 52.1 Å². The molecule has 2 rings (SSSR count). The minimum Gasteiger partial charge on any atom is -0.382 e. The molecular formula is C14H24N4OS. The first-order valence-electron chi connectivity index (χ1n) is 7.25. The maximum atomic E-state index is 12.8. The topological polar surface area (TPSA) is 62.5 Å². The Kier molecular flexibility index (Phi) is 4.52. The molecule has 1 amide bonds. The molecule has 1 fully saturated rings. The first kappa shape index (κ1) is 15.1. The highest BCUT2D eigenvalue weighted by Crippen LogP contribution is 2.32. The molecular weight excluding hydrogens is 272 g/mol. The summed E-state index contributed by atoms with van der Waals surface area (Å²) in [4.78, 5) is 21.6. The number of nitrogens with zero attached hydrogens (tertiary/aromatic N) is 3. The van der Waals surface area contributed by atoms with Crippen molar-refractivity contribution in [2.24, 2.45) is 0 Å². The number of nitrogens with two attached hydrogens (primary N) is 1. The van der Waals surface area contributed by atoms with Gasteiger partial charge in [0, 0.05) is 25.7 Å². The normalized spacial score (nSPS) is 22.9. The van der Waals surface area contributed by atoms with Crippen LogP contribution in [0.15, 0.2) is 0 Å². The minimum atomic E-state index is 0.0375. The van der Waals surface area contributed by atoms with E-state index < -0.39 is 0 Å². The van der Waals surface area contributed by atoms with E-state index in [1.54, 1.807) is 0 Å². The van der Waals surface area contributed by atoms with E-state index in [0.717, 1.165) is 24.5 Å². The third-order valence-corrected chi connectivity index (χ3v) is 5.24. The van der Waals surface area contributed by atoms with Gasteiger partial charge in [0.05, 0.1) is 0 Å². The molecule has 2 heterocycles. The molecule has 2 N–H and O–H groups in total. The summed E-state index contributed by atoms with van der Waals surface area (Å²) < 4.78 is 0. The van der Waals surface area contributed by atoms with E-state index in [4.69, 9.17) is 5.73 Å². The van der Waals surface area contributed by atoms with Crippen LogP contribution >= 0.6 is 11.3 Å². The predicted octanol–water partition coefficient (Wildman–Crippen LogP) is 2.58. The fraction of sp³-hybridized carbons (Fsp3) is 0.714. The van der Waals surface area contributed by atoms with Crippen molar-refractivity contribution >= 4 is 28.2 Å². The van der Waals surface area contributed by atoms with Gasteiger partial charge in [0.2, 0.25) is 0 Å². The standard InChI is InChI=1S/C14H24N4OS/c1-5-17(4)14-16-12(15)11(20-14)13(19)18-9(2)7-6-8-10(18)3/h9-10H,5-8,15H2,1-4H3. The van der Waals surface area contributed by atoms with E-state index in [0.29, 0.717) is 10.7 Å². The molecule has 1 saturated heterocycles. The van der Waals surface area contributed by atoms with E-state index in [2.05, 4.69) is 18.8 Å². The lowest BCUT2D eigenvalue weighted by Gasteiger charge is -2.38. The van der Waals surface area contributed by atoms with Gasteiger partial charge in [-0.2, -0.15) is 0 Å². The van der Waals surface area contributed by atoms with Crippen LogP contribution in [-0.2, 0) is 0 Å². The molecule has 0 radical (unpaired) electrons. The first-order valence-corrected chi connectivity index (χ1v) is 8.07. The van der Waals surface area contributed by atoms with Crippen molar-refractivity contribution in [1.82, 2.24) is 9.88 Å². The van der Waals surface area contributed by atoms with Crippen LogP contribution in [0.5, 0.6) is 0 Å². The molecule has 1 aromatic heterocycles. The molecule has 1 aromatic rings. The Morgan fingerprint density at radius 3 is 2.60 bits per heavy atom. The SMILES string of the molecule is CCN(C)c1nc(N)c(C(=O)N2C(C)CCCC2C)s1. The average Bonchev–Trinajstić information content (AvgIpc) is 2.79. The Bertz CT molecular complexity index is 478. The number of rotatable bonds is 3. The third-order valence-electron chi connectivity index (χ3n) is 4.07. The van der Waals surface area contributed by atoms with Crippen LogP contribution in [0.1, 0.15) is 49.7 Å². The average molecular weight is 296 g/mol. The minimum absolute atomic E-state index is 0.0375. The lowest BCUT2D eigenvalue weighted by Crippen LogP contribution is -2.47. The summed E-state index contributed by atoms with van der Waals surface area (Å²) in [6.07, 6.45) is 3.32. The maximum Gasteiger partial charge on any atom is 0.268 e. The van der Waals surface area contributed by atoms with E-state index in [9.17, 15) is 4.79 Å². The van der Waals surface area contributed by atoms with Crippen molar-refractivity contribution in [3.05, 3.63) is 4.88 Å². The van der Waals surface area contributed by atoms with Gasteiger partial charge in [0.1, 0.15) is 10.7 Å². The van der Waals surface area contributed by atoms with Gasteiger partial charge in [-0.15, -0.1) is 0 Å². The molecule has 0 spiro atoms. The summed E-state index contributed by atoms with van der Waals surface area (Å²) in [6.45, 7) is 7.12. The van der Waals surface area contributed by atoms with Crippen molar-refractivity contribution in [3.63, 3.8) is 0 Å². The maximum absolute atomic E-state index is 12.8. The Labute approximate surface area is 124 Å². The quantitative estimate of drug-likeness (QED) is 0.931. The number of likely N-dealkylation sites (tertiary alicyclic amines) is 1. The van der Waals surface area contributed by atoms with E-state index in [-0.39, 0.29) is 18.0 Å². The first-order chi connectivity index (χ1) is 9.45. The van der Waals surface area contributed by atoms with Gasteiger partial charge < -0.3 is 15.5 Å². The molecule has 0 bridgehead atoms. The number of nitrogen functional groups attached to an aromatic ring is 1. The molecule has 5 nitrogen and oxygen atoms in total. The van der Waals surface area contributed by atoms with E-state index in [1.807, 2.05) is 23.8 Å². The van der Waals surface area contributed by atoms with Gasteiger partial charge >= 0.3 is 0 Å². The van der Waals surface area contributed by atoms with Crippen molar-refractivity contribution in [3.8, 4) is 0 Å². The lowest BCUT2D eigenvalue weighted by atomic mass is 9.97. The zero-order valence-electron chi connectivity index (χ0n) is 12.7. The molecule has 6 heteroatoms. The van der Waals surface area contributed by atoms with Crippen LogP contribution in [0.4, 0.5) is 10.9 Å². The highest BCUT2D eigenvalue weighted by atomic mass is 32.1. The zero-order chi connectivity index (χ0) is 14.9. The van der Waals surface area contributed by atoms with Crippen LogP contribution < -0.4 is 10.6 Å². The number of aromatic nitrogens is 1. The highest BCUT2D eigenvalue weighted by Gasteiger charge is 2.32. The molecule has 2 atom stereocenters. The Morgan fingerprint density at radius 2 is 2.05 bits per heavy atom. The van der Waals surface area contributed by atoms with Crippen LogP contribution in [-0.4, -0.2) is 41.5 Å². The Hall–Kier alpha value is -1.30. The molecule has 112 valence electrons. The molecule has 1 aliphatic heterocycles. The largest absolute Gasteiger partial charge is 0.382 e. The molecule has 2 unspecified atom stereocenters. The summed E-state index contributed by atoms with van der Waals surface area (Å²) in [6, 6.07) is 0.556. The van der Waals surface area contributed by atoms with Gasteiger partial charge in [-0.1, -0.05) is 11.3 Å². The van der Waals surface area contributed by atoms with Gasteiger partial charge in [0.25, 0.3) is 5.91 Å². The summed E-state index contributed by atoms with van der Waals surface area (Å²) in [5.74, 6) is 0.399. The van der Waals surface area contributed by atoms with Gasteiger partial charge in [-0.05, 0) is 40.0 Å². The van der Waals surface area contributed by atoms with Gasteiger partial charge in [0.15, 0.2) is 5.13 Å². The monoisotopic (exact) mass is 296 g/mol. The Balaban J connectivity index is 2.26. The third kappa shape index (κ3) is 2.75. The summed E-state index contributed by atoms with van der Waals surface area (Å²) >= 11 is 1.40. The Morgan fingerprint density at radius 1 is 1.45 bits per heavy atom. The number of anilines is 2. The summed E-state index contributed by atoms with van der Waals surface area (Å²) in [5, 5.41) is 0.811. The number of amides is 1. The van der Waals surface area contributed by atoms with Crippen molar-refractivity contribution < 1.29 is 4.79 Å². The number of carbonyl (C=O) groups excluding carboxylic acids is 1. The summed E-state index contributed by atoms with van der Waals surface area (Å²) in [7, 11) is 1.96. The van der Waals surface area contributed by atoms with Crippen molar-refractivity contribution in [1.29, 1.82) is 0 Å². The van der Waals surface area contributed by atoms with Crippen LogP contribution in [0.3, 0.4) is 0 Å². The van der Waals surface area contributed by atoms with E-state index >= 15 is 0 Å². The van der Waals surface area contributed by atoms with E-state index in [1.165, 1.54) is 17.8 Å². The second-order valence-electron chi connectivity index (χ2n) is 5.57. The number of hydrogen-bond donors (Lipinski definition) is 1. The molecule has 0 aliphatic carbocycles. The lowest BCUT2D eigenvalue weighted by molar-refractivity contribution is 0.0516. The predicted molar refractivity (Wildman–Crippen MR) is 84.4 cm³/mol. The number of thiazole rings is 1. The van der Waals surface area contributed by atoms with Gasteiger partial charge in [-0.25, -0.2) is 4.98 Å². The fourth-order valence-corrected chi connectivity index (χ4v) is 3.67. The number of piperidine rings is 1.